The number of nitrogens with zero attached hydrogens (tertiary/aromatic N) is 1. The first-order chi connectivity index (χ1) is 13.5. The van der Waals surface area contributed by atoms with Gasteiger partial charge in [0.1, 0.15) is 28.0 Å². The lowest BCUT2D eigenvalue weighted by Gasteiger charge is -2.11. The lowest BCUT2D eigenvalue weighted by atomic mass is 10.2. The topological polar surface area (TPSA) is 69.7 Å². The maximum absolute atomic E-state index is 12.6. The van der Waals surface area contributed by atoms with Crippen molar-refractivity contribution >= 4 is 22.9 Å². The quantitative estimate of drug-likeness (QED) is 0.615. The molecule has 0 aliphatic rings. The summed E-state index contributed by atoms with van der Waals surface area (Å²) in [7, 11) is 3.11. The Bertz CT molecular complexity index is 969. The molecule has 0 spiro atoms. The first-order valence-corrected chi connectivity index (χ1v) is 9.64. The van der Waals surface area contributed by atoms with E-state index in [1.165, 1.54) is 18.4 Å². The van der Waals surface area contributed by atoms with Crippen molar-refractivity contribution in [1.29, 1.82) is 0 Å². The number of thiazole rings is 1. The van der Waals surface area contributed by atoms with Gasteiger partial charge in [-0.1, -0.05) is 12.1 Å². The van der Waals surface area contributed by atoms with E-state index >= 15 is 0 Å². The highest BCUT2D eigenvalue weighted by molar-refractivity contribution is 7.13. The molecule has 0 aliphatic heterocycles. The van der Waals surface area contributed by atoms with E-state index in [1.807, 2.05) is 38.1 Å². The summed E-state index contributed by atoms with van der Waals surface area (Å²) in [6.07, 6.45) is 0.0901. The highest BCUT2D eigenvalue weighted by Gasteiger charge is 2.15. The van der Waals surface area contributed by atoms with Gasteiger partial charge in [0.15, 0.2) is 0 Å². The number of carbonyl (C=O) groups is 1. The number of benzene rings is 2. The predicted octanol–water partition coefficient (Wildman–Crippen LogP) is 4.87. The van der Waals surface area contributed by atoms with Gasteiger partial charge in [0.25, 0.3) is 5.91 Å². The van der Waals surface area contributed by atoms with Crippen LogP contribution in [0.1, 0.15) is 24.3 Å². The number of hydrogen-bond acceptors (Lipinski definition) is 6. The molecule has 7 heteroatoms. The van der Waals surface area contributed by atoms with Crippen molar-refractivity contribution in [1.82, 2.24) is 4.98 Å². The second kappa shape index (κ2) is 8.75. The molecule has 1 heterocycles. The minimum Gasteiger partial charge on any atom is -0.497 e. The van der Waals surface area contributed by atoms with Gasteiger partial charge in [0.2, 0.25) is 0 Å². The molecule has 0 saturated heterocycles. The highest BCUT2D eigenvalue weighted by Crippen LogP contribution is 2.31. The Balaban J connectivity index is 1.78. The third-order valence-corrected chi connectivity index (χ3v) is 4.74. The van der Waals surface area contributed by atoms with Crippen LogP contribution < -0.4 is 19.5 Å². The molecule has 0 radical (unpaired) electrons. The molecule has 0 saturated carbocycles. The van der Waals surface area contributed by atoms with E-state index in [4.69, 9.17) is 14.2 Å². The second-order valence-electron chi connectivity index (χ2n) is 6.25. The Morgan fingerprint density at radius 3 is 2.61 bits per heavy atom. The lowest BCUT2D eigenvalue weighted by Crippen LogP contribution is -2.13. The molecular weight excluding hydrogens is 376 g/mol. The Hall–Kier alpha value is -3.06. The van der Waals surface area contributed by atoms with E-state index in [1.54, 1.807) is 30.7 Å². The van der Waals surface area contributed by atoms with Crippen LogP contribution in [0.15, 0.2) is 47.8 Å². The summed E-state index contributed by atoms with van der Waals surface area (Å²) in [5.74, 6) is 1.63. The van der Waals surface area contributed by atoms with Gasteiger partial charge in [0.05, 0.1) is 26.0 Å². The number of rotatable bonds is 7. The van der Waals surface area contributed by atoms with Crippen molar-refractivity contribution < 1.29 is 19.0 Å². The van der Waals surface area contributed by atoms with E-state index in [-0.39, 0.29) is 12.0 Å². The molecule has 146 valence electrons. The summed E-state index contributed by atoms with van der Waals surface area (Å²) in [5.41, 5.74) is 1.80. The average molecular weight is 398 g/mol. The maximum atomic E-state index is 12.6. The van der Waals surface area contributed by atoms with Crippen molar-refractivity contribution in [3.8, 4) is 27.8 Å². The van der Waals surface area contributed by atoms with Crippen LogP contribution in [0.5, 0.6) is 17.2 Å². The van der Waals surface area contributed by atoms with Gasteiger partial charge in [-0.3, -0.25) is 4.79 Å². The van der Waals surface area contributed by atoms with Crippen LogP contribution in [0, 0.1) is 0 Å². The van der Waals surface area contributed by atoms with Crippen LogP contribution in [0.3, 0.4) is 0 Å². The van der Waals surface area contributed by atoms with E-state index < -0.39 is 0 Å². The zero-order chi connectivity index (χ0) is 20.1. The summed E-state index contributed by atoms with van der Waals surface area (Å²) in [6, 6.07) is 12.9. The highest BCUT2D eigenvalue weighted by atomic mass is 32.1. The van der Waals surface area contributed by atoms with Crippen LogP contribution in [0.25, 0.3) is 10.6 Å². The lowest BCUT2D eigenvalue weighted by molar-refractivity contribution is 0.102. The van der Waals surface area contributed by atoms with E-state index in [2.05, 4.69) is 10.3 Å². The van der Waals surface area contributed by atoms with Crippen LogP contribution in [-0.4, -0.2) is 31.2 Å². The number of amides is 1. The zero-order valence-electron chi connectivity index (χ0n) is 16.2. The fourth-order valence-corrected chi connectivity index (χ4v) is 3.37. The Morgan fingerprint density at radius 1 is 1.07 bits per heavy atom. The van der Waals surface area contributed by atoms with Crippen LogP contribution in [0.2, 0.25) is 0 Å². The smallest absolute Gasteiger partial charge is 0.275 e. The summed E-state index contributed by atoms with van der Waals surface area (Å²) >= 11 is 1.41. The van der Waals surface area contributed by atoms with Gasteiger partial charge in [-0.05, 0) is 38.1 Å². The summed E-state index contributed by atoms with van der Waals surface area (Å²) in [6.45, 7) is 3.96. The van der Waals surface area contributed by atoms with Crippen molar-refractivity contribution in [2.75, 3.05) is 19.5 Å². The van der Waals surface area contributed by atoms with Crippen LogP contribution >= 0.6 is 11.3 Å². The predicted molar refractivity (Wildman–Crippen MR) is 111 cm³/mol. The fraction of sp³-hybridized carbons (Fsp3) is 0.238. The molecule has 1 N–H and O–H groups in total. The van der Waals surface area contributed by atoms with Crippen molar-refractivity contribution in [3.63, 3.8) is 0 Å². The molecule has 28 heavy (non-hydrogen) atoms. The Morgan fingerprint density at radius 2 is 1.89 bits per heavy atom. The van der Waals surface area contributed by atoms with Crippen LogP contribution in [0.4, 0.5) is 5.69 Å². The van der Waals surface area contributed by atoms with Gasteiger partial charge < -0.3 is 19.5 Å². The minimum absolute atomic E-state index is 0.0901. The number of anilines is 1. The Kier molecular flexibility index (Phi) is 6.16. The molecule has 3 aromatic rings. The van der Waals surface area contributed by atoms with Gasteiger partial charge in [-0.15, -0.1) is 11.3 Å². The molecule has 0 unspecified atom stereocenters. The molecule has 3 rings (SSSR count). The molecule has 1 aromatic heterocycles. The van der Waals surface area contributed by atoms with Crippen molar-refractivity contribution in [2.24, 2.45) is 0 Å². The number of hydrogen-bond donors (Lipinski definition) is 1. The molecular formula is C21H22N2O4S. The van der Waals surface area contributed by atoms with Crippen molar-refractivity contribution in [2.45, 2.75) is 20.0 Å². The SMILES string of the molecule is COc1ccc(NC(=O)c2csc(-c3cccc(OC(C)C)c3)n2)c(OC)c1. The second-order valence-corrected chi connectivity index (χ2v) is 7.11. The number of nitrogens with one attached hydrogen (secondary N) is 1. The van der Waals surface area contributed by atoms with Crippen LogP contribution in [-0.2, 0) is 0 Å². The number of aromatic nitrogens is 1. The summed E-state index contributed by atoms with van der Waals surface area (Å²) < 4.78 is 16.2. The Labute approximate surface area is 168 Å². The van der Waals surface area contributed by atoms with Gasteiger partial charge in [-0.2, -0.15) is 0 Å². The van der Waals surface area contributed by atoms with E-state index in [0.29, 0.717) is 22.9 Å². The third-order valence-electron chi connectivity index (χ3n) is 3.85. The minimum atomic E-state index is -0.305. The molecule has 2 aromatic carbocycles. The van der Waals surface area contributed by atoms with E-state index in [9.17, 15) is 4.79 Å². The first kappa shape index (κ1) is 19.7. The first-order valence-electron chi connectivity index (χ1n) is 8.76. The van der Waals surface area contributed by atoms with Crippen molar-refractivity contribution in [3.05, 3.63) is 53.5 Å². The molecule has 0 aliphatic carbocycles. The van der Waals surface area contributed by atoms with E-state index in [0.717, 1.165) is 16.3 Å². The van der Waals surface area contributed by atoms with Gasteiger partial charge >= 0.3 is 0 Å². The fourth-order valence-electron chi connectivity index (χ4n) is 2.57. The maximum Gasteiger partial charge on any atom is 0.275 e. The molecule has 1 amide bonds. The molecule has 0 atom stereocenters. The number of carbonyl (C=O) groups excluding carboxylic acids is 1. The van der Waals surface area contributed by atoms with Gasteiger partial charge in [0, 0.05) is 17.0 Å². The number of ether oxygens (including phenoxy) is 3. The zero-order valence-corrected chi connectivity index (χ0v) is 17.0. The molecule has 0 bridgehead atoms. The van der Waals surface area contributed by atoms with Gasteiger partial charge in [-0.25, -0.2) is 4.98 Å². The molecule has 6 nitrogen and oxygen atoms in total. The monoisotopic (exact) mass is 398 g/mol. The average Bonchev–Trinajstić information content (AvgIpc) is 3.18. The standard InChI is InChI=1S/C21H22N2O4S/c1-13(2)27-16-7-5-6-14(10-16)21-23-18(12-28-21)20(24)22-17-9-8-15(25-3)11-19(17)26-4/h5-13H,1-4H3,(H,22,24). The summed E-state index contributed by atoms with van der Waals surface area (Å²) in [4.78, 5) is 17.1. The third kappa shape index (κ3) is 4.61. The number of methoxy groups -OCH3 is 2. The summed E-state index contributed by atoms with van der Waals surface area (Å²) in [5, 5.41) is 5.32. The largest absolute Gasteiger partial charge is 0.497 e. The normalized spacial score (nSPS) is 10.6. The molecule has 0 fully saturated rings.